The minimum Gasteiger partial charge on any atom is -0.450 e. The number of esters is 1. The molecule has 0 fully saturated rings. The highest BCUT2D eigenvalue weighted by atomic mass is 79.9. The molecule has 2 aromatic heterocycles. The summed E-state index contributed by atoms with van der Waals surface area (Å²) in [6.45, 7) is -1.24. The molecule has 4 nitrogen and oxygen atoms in total. The minimum atomic E-state index is -2.77. The highest BCUT2D eigenvalue weighted by Crippen LogP contribution is 2.29. The molecule has 8 heteroatoms. The lowest BCUT2D eigenvalue weighted by atomic mass is 10.3. The molecule has 0 spiro atoms. The van der Waals surface area contributed by atoms with E-state index in [0.717, 1.165) is 8.35 Å². The molecule has 0 amide bonds. The van der Waals surface area contributed by atoms with Crippen LogP contribution in [0.15, 0.2) is 40.2 Å². The zero-order valence-corrected chi connectivity index (χ0v) is 14.3. The summed E-state index contributed by atoms with van der Waals surface area (Å²) in [5, 5.41) is 0. The SMILES string of the molecule is CC(OC(=O)c1ccc(Br)s1)c1nc2ccccc2n1C(F)F. The van der Waals surface area contributed by atoms with Gasteiger partial charge in [-0.05, 0) is 47.1 Å². The number of halogens is 3. The van der Waals surface area contributed by atoms with E-state index in [2.05, 4.69) is 20.9 Å². The third kappa shape index (κ3) is 3.13. The molecule has 0 radical (unpaired) electrons. The van der Waals surface area contributed by atoms with E-state index >= 15 is 0 Å². The molecule has 1 atom stereocenters. The molecular weight excluding hydrogens is 390 g/mol. The van der Waals surface area contributed by atoms with E-state index < -0.39 is 18.6 Å². The van der Waals surface area contributed by atoms with E-state index in [0.29, 0.717) is 15.9 Å². The van der Waals surface area contributed by atoms with Gasteiger partial charge >= 0.3 is 12.5 Å². The van der Waals surface area contributed by atoms with Gasteiger partial charge in [0.1, 0.15) is 4.88 Å². The molecule has 2 heterocycles. The second-order valence-corrected chi connectivity index (χ2v) is 7.22. The third-order valence-electron chi connectivity index (χ3n) is 3.24. The number of nitrogens with zero attached hydrogens (tertiary/aromatic N) is 2. The maximum Gasteiger partial charge on any atom is 0.349 e. The number of hydrogen-bond donors (Lipinski definition) is 0. The summed E-state index contributed by atoms with van der Waals surface area (Å²) in [5.41, 5.74) is 0.740. The third-order valence-corrected chi connectivity index (χ3v) is 4.84. The number of ether oxygens (including phenoxy) is 1. The Morgan fingerprint density at radius 1 is 1.30 bits per heavy atom. The molecule has 120 valence electrons. The van der Waals surface area contributed by atoms with Gasteiger partial charge in [-0.3, -0.25) is 4.57 Å². The minimum absolute atomic E-state index is 0.0187. The number of benzene rings is 1. The van der Waals surface area contributed by atoms with Crippen molar-refractivity contribution in [1.29, 1.82) is 0 Å². The molecule has 3 rings (SSSR count). The lowest BCUT2D eigenvalue weighted by molar-refractivity contribution is 0.0238. The molecule has 0 aliphatic heterocycles. The van der Waals surface area contributed by atoms with Crippen molar-refractivity contribution in [2.75, 3.05) is 0 Å². The van der Waals surface area contributed by atoms with Crippen LogP contribution in [0.2, 0.25) is 0 Å². The molecule has 1 unspecified atom stereocenters. The first-order chi connectivity index (χ1) is 11.0. The van der Waals surface area contributed by atoms with E-state index in [1.54, 1.807) is 36.4 Å². The van der Waals surface area contributed by atoms with Crippen LogP contribution in [0, 0.1) is 0 Å². The van der Waals surface area contributed by atoms with E-state index in [-0.39, 0.29) is 5.82 Å². The molecule has 1 aromatic carbocycles. The number of alkyl halides is 2. The van der Waals surface area contributed by atoms with Gasteiger partial charge in [-0.2, -0.15) is 8.78 Å². The fourth-order valence-electron chi connectivity index (χ4n) is 2.25. The summed E-state index contributed by atoms with van der Waals surface area (Å²) < 4.78 is 33.7. The summed E-state index contributed by atoms with van der Waals surface area (Å²) in [6.07, 6.45) is -0.898. The number of rotatable bonds is 4. The first-order valence-electron chi connectivity index (χ1n) is 6.68. The standard InChI is InChI=1S/C15H11BrF2N2O2S/c1-8(22-14(21)11-6-7-12(16)23-11)13-19-9-4-2-3-5-10(9)20(13)15(17)18/h2-8,15H,1H3. The van der Waals surface area contributed by atoms with Crippen molar-refractivity contribution < 1.29 is 18.3 Å². The topological polar surface area (TPSA) is 44.1 Å². The van der Waals surface area contributed by atoms with Crippen molar-refractivity contribution in [2.45, 2.75) is 19.6 Å². The van der Waals surface area contributed by atoms with Crippen molar-refractivity contribution in [3.05, 3.63) is 50.9 Å². The van der Waals surface area contributed by atoms with Gasteiger partial charge in [-0.15, -0.1) is 11.3 Å². The Labute approximate surface area is 142 Å². The fourth-order valence-corrected chi connectivity index (χ4v) is 3.52. The maximum absolute atomic E-state index is 13.4. The summed E-state index contributed by atoms with van der Waals surface area (Å²) in [7, 11) is 0. The lowest BCUT2D eigenvalue weighted by Crippen LogP contribution is -2.14. The van der Waals surface area contributed by atoms with E-state index in [1.807, 2.05) is 0 Å². The zero-order chi connectivity index (χ0) is 16.6. The zero-order valence-electron chi connectivity index (χ0n) is 11.9. The van der Waals surface area contributed by atoms with E-state index in [9.17, 15) is 13.6 Å². The van der Waals surface area contributed by atoms with Gasteiger partial charge < -0.3 is 4.74 Å². The largest absolute Gasteiger partial charge is 0.450 e. The van der Waals surface area contributed by atoms with Crippen LogP contribution in [0.3, 0.4) is 0 Å². The van der Waals surface area contributed by atoms with Crippen LogP contribution in [0.1, 0.15) is 35.1 Å². The Morgan fingerprint density at radius 3 is 2.70 bits per heavy atom. The normalized spacial score (nSPS) is 12.7. The number of hydrogen-bond acceptors (Lipinski definition) is 4. The Hall–Kier alpha value is -1.80. The van der Waals surface area contributed by atoms with Gasteiger partial charge in [0.15, 0.2) is 11.9 Å². The Bertz CT molecular complexity index is 862. The molecule has 0 N–H and O–H groups in total. The number of carbonyl (C=O) groups excluding carboxylic acids is 1. The van der Waals surface area contributed by atoms with Crippen LogP contribution in [-0.2, 0) is 4.74 Å². The second-order valence-electron chi connectivity index (χ2n) is 4.76. The second kappa shape index (κ2) is 6.37. The summed E-state index contributed by atoms with van der Waals surface area (Å²) in [4.78, 5) is 16.7. The molecule has 0 saturated heterocycles. The van der Waals surface area contributed by atoms with Crippen LogP contribution in [0.5, 0.6) is 0 Å². The van der Waals surface area contributed by atoms with Crippen molar-refractivity contribution in [2.24, 2.45) is 0 Å². The smallest absolute Gasteiger partial charge is 0.349 e. The molecule has 0 bridgehead atoms. The average molecular weight is 401 g/mol. The van der Waals surface area contributed by atoms with Gasteiger partial charge in [0, 0.05) is 0 Å². The Morgan fingerprint density at radius 2 is 2.04 bits per heavy atom. The van der Waals surface area contributed by atoms with Crippen LogP contribution in [-0.4, -0.2) is 15.5 Å². The number of fused-ring (bicyclic) bond motifs is 1. The molecular formula is C15H11BrF2N2O2S. The molecule has 0 saturated carbocycles. The van der Waals surface area contributed by atoms with Crippen molar-refractivity contribution in [3.63, 3.8) is 0 Å². The highest BCUT2D eigenvalue weighted by molar-refractivity contribution is 9.11. The molecule has 0 aliphatic carbocycles. The van der Waals surface area contributed by atoms with Gasteiger partial charge in [0.25, 0.3) is 0 Å². The monoisotopic (exact) mass is 400 g/mol. The first-order valence-corrected chi connectivity index (χ1v) is 8.29. The number of carbonyl (C=O) groups is 1. The molecule has 23 heavy (non-hydrogen) atoms. The number of para-hydroxylation sites is 2. The van der Waals surface area contributed by atoms with Crippen LogP contribution in [0.4, 0.5) is 8.78 Å². The quantitative estimate of drug-likeness (QED) is 0.567. The summed E-state index contributed by atoms with van der Waals surface area (Å²) in [6, 6.07) is 9.91. The first kappa shape index (κ1) is 16.1. The summed E-state index contributed by atoms with van der Waals surface area (Å²) >= 11 is 4.48. The number of thiophene rings is 1. The molecule has 0 aliphatic rings. The highest BCUT2D eigenvalue weighted by Gasteiger charge is 2.25. The summed E-state index contributed by atoms with van der Waals surface area (Å²) in [5.74, 6) is -0.550. The average Bonchev–Trinajstić information content (AvgIpc) is 3.10. The number of aromatic nitrogens is 2. The maximum atomic E-state index is 13.4. The predicted molar refractivity (Wildman–Crippen MR) is 86.8 cm³/mol. The van der Waals surface area contributed by atoms with Crippen molar-refractivity contribution >= 4 is 44.3 Å². The predicted octanol–water partition coefficient (Wildman–Crippen LogP) is 5.17. The number of imidazole rings is 1. The molecule has 3 aromatic rings. The Balaban J connectivity index is 1.93. The van der Waals surface area contributed by atoms with Crippen LogP contribution in [0.25, 0.3) is 11.0 Å². The van der Waals surface area contributed by atoms with Gasteiger partial charge in [0.05, 0.1) is 14.8 Å². The van der Waals surface area contributed by atoms with E-state index in [1.165, 1.54) is 18.3 Å². The Kier molecular flexibility index (Phi) is 4.45. The van der Waals surface area contributed by atoms with Crippen LogP contribution < -0.4 is 0 Å². The van der Waals surface area contributed by atoms with Crippen LogP contribution >= 0.6 is 27.3 Å². The van der Waals surface area contributed by atoms with Gasteiger partial charge in [-0.1, -0.05) is 12.1 Å². The van der Waals surface area contributed by atoms with Crippen molar-refractivity contribution in [3.8, 4) is 0 Å². The fraction of sp³-hybridized carbons (Fsp3) is 0.200. The van der Waals surface area contributed by atoms with E-state index in [4.69, 9.17) is 4.74 Å². The van der Waals surface area contributed by atoms with Gasteiger partial charge in [0.2, 0.25) is 0 Å². The van der Waals surface area contributed by atoms with Gasteiger partial charge in [-0.25, -0.2) is 9.78 Å². The van der Waals surface area contributed by atoms with Crippen molar-refractivity contribution in [1.82, 2.24) is 9.55 Å². The lowest BCUT2D eigenvalue weighted by Gasteiger charge is -2.14.